The Balaban J connectivity index is 2.75. The van der Waals surface area contributed by atoms with E-state index >= 15 is 0 Å². The minimum atomic E-state index is -0.194. The average Bonchev–Trinajstić information content (AvgIpc) is 1.80. The molecule has 0 fully saturated rings. The van der Waals surface area contributed by atoms with Crippen molar-refractivity contribution in [3.8, 4) is 0 Å². The monoisotopic (exact) mass is 162 g/mol. The summed E-state index contributed by atoms with van der Waals surface area (Å²) in [6.45, 7) is 0.720. The normalized spacial score (nSPS) is 13.6. The molecule has 0 aromatic carbocycles. The Morgan fingerprint density at radius 2 is 2.11 bits per heavy atom. The minimum absolute atomic E-state index is 0.194. The number of hydrogen-bond acceptors (Lipinski definition) is 4. The molecule has 1 unspecified atom stereocenters. The molecule has 0 saturated heterocycles. The largest absolute Gasteiger partial charge is 0.335 e. The Kier molecular flexibility index (Phi) is 7.32. The van der Waals surface area contributed by atoms with Gasteiger partial charge in [0.1, 0.15) is 0 Å². The molecule has 0 aromatic heterocycles. The fourth-order valence-corrected chi connectivity index (χ4v) is 2.10. The predicted molar refractivity (Wildman–Crippen MR) is 47.7 cm³/mol. The molecular weight excluding hydrogens is 151 g/mol. The van der Waals surface area contributed by atoms with E-state index in [4.69, 9.17) is 19.3 Å². The summed E-state index contributed by atoms with van der Waals surface area (Å²) in [6.07, 6.45) is 0. The van der Waals surface area contributed by atoms with Crippen molar-refractivity contribution in [2.75, 3.05) is 18.1 Å². The maximum absolute atomic E-state index is 5.29. The molecular formula is C4H11BN2S2. The molecule has 5 heteroatoms. The zero-order chi connectivity index (χ0) is 7.11. The molecule has 2 nitrogen and oxygen atoms in total. The third-order valence-electron chi connectivity index (χ3n) is 0.545. The Hall–Kier alpha value is 0.685. The molecule has 52 valence electrons. The van der Waals surface area contributed by atoms with Crippen molar-refractivity contribution in [2.45, 2.75) is 5.94 Å². The third-order valence-corrected chi connectivity index (χ3v) is 3.04. The maximum Gasteiger partial charge on any atom is 0.0914 e. The van der Waals surface area contributed by atoms with Crippen LogP contribution in [0.4, 0.5) is 0 Å². The standard InChI is InChI=1S/C4H11BN2S2/c5-4(7)3-9-8-2-1-6/h4H,1-3,6-7H2. The van der Waals surface area contributed by atoms with Gasteiger partial charge in [-0.25, -0.2) is 0 Å². The van der Waals surface area contributed by atoms with Crippen molar-refractivity contribution >= 4 is 29.4 Å². The Morgan fingerprint density at radius 3 is 2.56 bits per heavy atom. The first-order chi connectivity index (χ1) is 4.27. The van der Waals surface area contributed by atoms with Crippen LogP contribution < -0.4 is 11.5 Å². The number of nitrogens with two attached hydrogens (primary N) is 2. The van der Waals surface area contributed by atoms with Crippen molar-refractivity contribution in [1.82, 2.24) is 0 Å². The van der Waals surface area contributed by atoms with Gasteiger partial charge >= 0.3 is 0 Å². The smallest absolute Gasteiger partial charge is 0.0914 e. The summed E-state index contributed by atoms with van der Waals surface area (Å²) in [5, 5.41) is 0. The van der Waals surface area contributed by atoms with E-state index in [9.17, 15) is 0 Å². The van der Waals surface area contributed by atoms with E-state index in [-0.39, 0.29) is 5.94 Å². The lowest BCUT2D eigenvalue weighted by Crippen LogP contribution is -2.21. The molecule has 4 N–H and O–H groups in total. The van der Waals surface area contributed by atoms with Crippen molar-refractivity contribution in [3.05, 3.63) is 0 Å². The van der Waals surface area contributed by atoms with Crippen LogP contribution in [-0.2, 0) is 0 Å². The molecule has 0 spiro atoms. The van der Waals surface area contributed by atoms with Crippen LogP contribution in [-0.4, -0.2) is 31.8 Å². The summed E-state index contributed by atoms with van der Waals surface area (Å²) in [5.41, 5.74) is 10.5. The predicted octanol–water partition coefficient (Wildman–Crippen LogP) is -0.220. The van der Waals surface area contributed by atoms with Gasteiger partial charge in [0, 0.05) is 18.1 Å². The first-order valence-electron chi connectivity index (χ1n) is 2.73. The highest BCUT2D eigenvalue weighted by molar-refractivity contribution is 8.76. The topological polar surface area (TPSA) is 52.0 Å². The van der Waals surface area contributed by atoms with Crippen LogP contribution >= 0.6 is 21.6 Å². The molecule has 2 radical (unpaired) electrons. The Morgan fingerprint density at radius 1 is 1.44 bits per heavy atom. The molecule has 0 aliphatic heterocycles. The summed E-state index contributed by atoms with van der Waals surface area (Å²) < 4.78 is 0. The van der Waals surface area contributed by atoms with Gasteiger partial charge in [-0.15, -0.1) is 0 Å². The highest BCUT2D eigenvalue weighted by Gasteiger charge is 1.92. The fraction of sp³-hybridized carbons (Fsp3) is 1.00. The van der Waals surface area contributed by atoms with Gasteiger partial charge in [-0.1, -0.05) is 21.6 Å². The summed E-state index contributed by atoms with van der Waals surface area (Å²) in [7, 11) is 8.67. The highest BCUT2D eigenvalue weighted by Crippen LogP contribution is 2.19. The van der Waals surface area contributed by atoms with E-state index in [1.807, 2.05) is 0 Å². The summed E-state index contributed by atoms with van der Waals surface area (Å²) in [5.74, 6) is 1.57. The van der Waals surface area contributed by atoms with Crippen LogP contribution in [0.2, 0.25) is 0 Å². The van der Waals surface area contributed by atoms with Gasteiger partial charge in [0.2, 0.25) is 0 Å². The van der Waals surface area contributed by atoms with Gasteiger partial charge in [-0.05, 0) is 5.94 Å². The van der Waals surface area contributed by atoms with Crippen LogP contribution in [0.1, 0.15) is 0 Å². The zero-order valence-electron chi connectivity index (χ0n) is 5.25. The Bertz CT molecular complexity index is 62.5. The lowest BCUT2D eigenvalue weighted by atomic mass is 10.0. The molecule has 0 amide bonds. The number of rotatable bonds is 5. The van der Waals surface area contributed by atoms with Gasteiger partial charge in [0.05, 0.1) is 7.85 Å². The molecule has 0 bridgehead atoms. The van der Waals surface area contributed by atoms with E-state index in [1.165, 1.54) is 0 Å². The second-order valence-corrected chi connectivity index (χ2v) is 4.19. The van der Waals surface area contributed by atoms with E-state index in [1.54, 1.807) is 21.6 Å². The van der Waals surface area contributed by atoms with Crippen LogP contribution in [0.15, 0.2) is 0 Å². The molecule has 0 aliphatic carbocycles. The first kappa shape index (κ1) is 9.68. The zero-order valence-corrected chi connectivity index (χ0v) is 6.88. The van der Waals surface area contributed by atoms with E-state index < -0.39 is 0 Å². The molecule has 1 atom stereocenters. The molecule has 9 heavy (non-hydrogen) atoms. The number of hydrogen-bond donors (Lipinski definition) is 2. The lowest BCUT2D eigenvalue weighted by molar-refractivity contribution is 1.05. The maximum atomic E-state index is 5.29. The summed E-state index contributed by atoms with van der Waals surface area (Å²) in [4.78, 5) is 0. The van der Waals surface area contributed by atoms with Gasteiger partial charge in [-0.2, -0.15) is 0 Å². The summed E-state index contributed by atoms with van der Waals surface area (Å²) >= 11 is 0. The van der Waals surface area contributed by atoms with Crippen molar-refractivity contribution in [1.29, 1.82) is 0 Å². The minimum Gasteiger partial charge on any atom is -0.335 e. The van der Waals surface area contributed by atoms with E-state index in [2.05, 4.69) is 0 Å². The second-order valence-electron chi connectivity index (χ2n) is 1.56. The van der Waals surface area contributed by atoms with E-state index in [0.717, 1.165) is 18.1 Å². The molecule has 0 heterocycles. The Labute approximate surface area is 65.3 Å². The van der Waals surface area contributed by atoms with E-state index in [0.29, 0.717) is 0 Å². The summed E-state index contributed by atoms with van der Waals surface area (Å²) in [6, 6.07) is 0. The van der Waals surface area contributed by atoms with Gasteiger partial charge in [0.25, 0.3) is 0 Å². The molecule has 0 aliphatic rings. The van der Waals surface area contributed by atoms with Crippen LogP contribution in [0.25, 0.3) is 0 Å². The van der Waals surface area contributed by atoms with Crippen LogP contribution in [0.3, 0.4) is 0 Å². The average molecular weight is 162 g/mol. The van der Waals surface area contributed by atoms with Crippen LogP contribution in [0.5, 0.6) is 0 Å². The van der Waals surface area contributed by atoms with Gasteiger partial charge in [0.15, 0.2) is 0 Å². The van der Waals surface area contributed by atoms with Gasteiger partial charge < -0.3 is 11.5 Å². The first-order valence-corrected chi connectivity index (χ1v) is 5.22. The lowest BCUT2D eigenvalue weighted by Gasteiger charge is -2.01. The van der Waals surface area contributed by atoms with Crippen molar-refractivity contribution in [2.24, 2.45) is 11.5 Å². The molecule has 0 aromatic rings. The fourth-order valence-electron chi connectivity index (χ4n) is 0.234. The quantitative estimate of drug-likeness (QED) is 0.333. The van der Waals surface area contributed by atoms with Crippen molar-refractivity contribution < 1.29 is 0 Å². The third kappa shape index (κ3) is 8.68. The van der Waals surface area contributed by atoms with Gasteiger partial charge in [-0.3, -0.25) is 0 Å². The highest BCUT2D eigenvalue weighted by atomic mass is 33.1. The molecule has 0 saturated carbocycles. The second kappa shape index (κ2) is 6.80. The molecule has 0 rings (SSSR count). The van der Waals surface area contributed by atoms with Crippen molar-refractivity contribution in [3.63, 3.8) is 0 Å². The SMILES string of the molecule is [B]C(N)CSSCCN. The van der Waals surface area contributed by atoms with Crippen LogP contribution in [0, 0.1) is 0 Å².